The molecule has 0 amide bonds. The van der Waals surface area contributed by atoms with Gasteiger partial charge in [0.15, 0.2) is 5.71 Å². The van der Waals surface area contributed by atoms with Gasteiger partial charge in [-0.3, -0.25) is 0 Å². The maximum Gasteiger partial charge on any atom is 0.199 e. The van der Waals surface area contributed by atoms with Crippen molar-refractivity contribution in [3.05, 3.63) is 138 Å². The van der Waals surface area contributed by atoms with Gasteiger partial charge in [-0.25, -0.2) is 4.58 Å². The van der Waals surface area contributed by atoms with Crippen molar-refractivity contribution in [2.24, 2.45) is 0 Å². The molecule has 4 rings (SSSR count). The fourth-order valence-electron chi connectivity index (χ4n) is 4.12. The van der Waals surface area contributed by atoms with Crippen LogP contribution in [0, 0.1) is 0 Å². The monoisotopic (exact) mass is 489 g/mol. The van der Waals surface area contributed by atoms with Crippen LogP contribution < -0.4 is 4.90 Å². The fourth-order valence-corrected chi connectivity index (χ4v) is 4.12. The molecular formula is C33H33N2O2+. The van der Waals surface area contributed by atoms with E-state index >= 15 is 0 Å². The summed E-state index contributed by atoms with van der Waals surface area (Å²) in [7, 11) is 8.11. The van der Waals surface area contributed by atoms with Gasteiger partial charge in [-0.1, -0.05) is 54.6 Å². The molecule has 1 aliphatic rings. The standard InChI is InChI=1S/C33H32N2O2/c1-34(2)28-16-8-24(9-17-28)32(26-12-20-30(36)21-13-26)6-5-7-33(27-14-22-31(37)23-15-27)25-10-18-29(19-11-25)35(3)4/h5-23H,1-4H3,(H,36,37)/p+1. The Morgan fingerprint density at radius 3 is 1.65 bits per heavy atom. The van der Waals surface area contributed by atoms with Crippen LogP contribution in [0.3, 0.4) is 0 Å². The van der Waals surface area contributed by atoms with Crippen molar-refractivity contribution >= 4 is 22.5 Å². The zero-order valence-electron chi connectivity index (χ0n) is 21.8. The lowest BCUT2D eigenvalue weighted by molar-refractivity contribution is -0.462. The van der Waals surface area contributed by atoms with Gasteiger partial charge in [0.05, 0.1) is 0 Å². The molecule has 186 valence electrons. The minimum absolute atomic E-state index is 0.241. The van der Waals surface area contributed by atoms with Gasteiger partial charge in [0, 0.05) is 31.9 Å². The minimum atomic E-state index is 0.241. The zero-order valence-corrected chi connectivity index (χ0v) is 21.8. The van der Waals surface area contributed by atoms with E-state index in [4.69, 9.17) is 0 Å². The molecule has 2 N–H and O–H groups in total. The summed E-state index contributed by atoms with van der Waals surface area (Å²) < 4.78 is 2.08. The first-order chi connectivity index (χ1) is 17.8. The highest BCUT2D eigenvalue weighted by atomic mass is 16.3. The number of rotatable bonds is 6. The minimum Gasteiger partial charge on any atom is -0.508 e. The second kappa shape index (κ2) is 11.4. The number of hydrogen-bond donors (Lipinski definition) is 2. The number of phenolic OH excluding ortho intramolecular Hbond substituents is 2. The number of allylic oxidation sites excluding steroid dienone is 9. The topological polar surface area (TPSA) is 46.7 Å². The van der Waals surface area contributed by atoms with Gasteiger partial charge >= 0.3 is 0 Å². The number of benzene rings is 3. The van der Waals surface area contributed by atoms with E-state index in [1.807, 2.05) is 52.5 Å². The van der Waals surface area contributed by atoms with Crippen molar-refractivity contribution < 1.29 is 14.8 Å². The molecule has 0 fully saturated rings. The SMILES string of the molecule is CN(C)c1ccc(/C(=C\C=C\C(=C2C=CC(=[N+](C)C)C=C2)c2ccc(O)cc2)c2ccc(O)cc2)cc1. The van der Waals surface area contributed by atoms with E-state index in [1.165, 1.54) is 0 Å². The van der Waals surface area contributed by atoms with Crippen LogP contribution in [0.2, 0.25) is 0 Å². The molecule has 4 nitrogen and oxygen atoms in total. The van der Waals surface area contributed by atoms with Gasteiger partial charge in [-0.2, -0.15) is 0 Å². The van der Waals surface area contributed by atoms with E-state index in [-0.39, 0.29) is 11.5 Å². The Balaban J connectivity index is 1.78. The Hall–Kier alpha value is -4.57. The molecule has 0 unspecified atom stereocenters. The highest BCUT2D eigenvalue weighted by Crippen LogP contribution is 2.29. The van der Waals surface area contributed by atoms with Gasteiger partial charge in [0.2, 0.25) is 0 Å². The molecule has 0 aliphatic heterocycles. The fraction of sp³-hybridized carbons (Fsp3) is 0.121. The van der Waals surface area contributed by atoms with Crippen LogP contribution in [0.5, 0.6) is 11.5 Å². The number of hydrogen-bond acceptors (Lipinski definition) is 3. The number of aromatic hydroxyl groups is 2. The van der Waals surface area contributed by atoms with Crippen LogP contribution in [0.4, 0.5) is 5.69 Å². The van der Waals surface area contributed by atoms with Gasteiger partial charge in [-0.15, -0.1) is 0 Å². The Kier molecular flexibility index (Phi) is 7.89. The lowest BCUT2D eigenvalue weighted by Gasteiger charge is -2.14. The molecular weight excluding hydrogens is 456 g/mol. The van der Waals surface area contributed by atoms with Gasteiger partial charge < -0.3 is 15.1 Å². The molecule has 0 spiro atoms. The summed E-state index contributed by atoms with van der Waals surface area (Å²) in [6.45, 7) is 0. The first-order valence-electron chi connectivity index (χ1n) is 12.2. The van der Waals surface area contributed by atoms with Crippen molar-refractivity contribution in [1.29, 1.82) is 0 Å². The van der Waals surface area contributed by atoms with Crippen LogP contribution >= 0.6 is 0 Å². The van der Waals surface area contributed by atoms with Crippen LogP contribution in [0.25, 0.3) is 11.1 Å². The summed E-state index contributed by atoms with van der Waals surface area (Å²) in [6.07, 6.45) is 14.7. The molecule has 0 aromatic heterocycles. The predicted octanol–water partition coefficient (Wildman–Crippen LogP) is 6.44. The molecule has 0 heterocycles. The normalized spacial score (nSPS) is 13.4. The van der Waals surface area contributed by atoms with Crippen molar-refractivity contribution in [2.75, 3.05) is 33.1 Å². The molecule has 0 atom stereocenters. The number of nitrogens with zero attached hydrogens (tertiary/aromatic N) is 2. The van der Waals surface area contributed by atoms with E-state index in [1.54, 1.807) is 24.3 Å². The van der Waals surface area contributed by atoms with E-state index in [0.29, 0.717) is 0 Å². The Labute approximate surface area is 219 Å². The van der Waals surface area contributed by atoms with Crippen LogP contribution in [-0.4, -0.2) is 48.7 Å². The van der Waals surface area contributed by atoms with Gasteiger partial charge in [0.1, 0.15) is 25.6 Å². The highest BCUT2D eigenvalue weighted by molar-refractivity contribution is 6.03. The number of phenols is 2. The predicted molar refractivity (Wildman–Crippen MR) is 156 cm³/mol. The Morgan fingerprint density at radius 2 is 1.16 bits per heavy atom. The third kappa shape index (κ3) is 6.36. The summed E-state index contributed by atoms with van der Waals surface area (Å²) in [5.41, 5.74) is 8.57. The molecule has 0 radical (unpaired) electrons. The van der Waals surface area contributed by atoms with Crippen molar-refractivity contribution in [2.45, 2.75) is 0 Å². The summed E-state index contributed by atoms with van der Waals surface area (Å²) >= 11 is 0. The largest absolute Gasteiger partial charge is 0.508 e. The van der Waals surface area contributed by atoms with Crippen molar-refractivity contribution in [3.63, 3.8) is 0 Å². The lowest BCUT2D eigenvalue weighted by Crippen LogP contribution is -2.09. The summed E-state index contributed by atoms with van der Waals surface area (Å²) in [5, 5.41) is 19.6. The first kappa shape index (κ1) is 25.5. The zero-order chi connectivity index (χ0) is 26.4. The lowest BCUT2D eigenvalue weighted by atomic mass is 9.94. The van der Waals surface area contributed by atoms with E-state index in [2.05, 4.69) is 76.3 Å². The van der Waals surface area contributed by atoms with Crippen LogP contribution in [0.15, 0.2) is 121 Å². The smallest absolute Gasteiger partial charge is 0.199 e. The Bertz CT molecular complexity index is 1410. The van der Waals surface area contributed by atoms with Crippen molar-refractivity contribution in [3.8, 4) is 11.5 Å². The first-order valence-corrected chi connectivity index (χ1v) is 12.2. The molecule has 3 aromatic carbocycles. The molecule has 0 saturated heterocycles. The summed E-state index contributed by atoms with van der Waals surface area (Å²) in [4.78, 5) is 2.08. The third-order valence-corrected chi connectivity index (χ3v) is 6.27. The van der Waals surface area contributed by atoms with E-state index in [9.17, 15) is 10.2 Å². The third-order valence-electron chi connectivity index (χ3n) is 6.27. The maximum absolute atomic E-state index is 9.82. The van der Waals surface area contributed by atoms with E-state index in [0.717, 1.165) is 44.8 Å². The second-order valence-corrected chi connectivity index (χ2v) is 9.33. The summed E-state index contributed by atoms with van der Waals surface area (Å²) in [6, 6.07) is 23.0. The second-order valence-electron chi connectivity index (χ2n) is 9.33. The molecule has 1 aliphatic carbocycles. The molecule has 37 heavy (non-hydrogen) atoms. The molecule has 3 aromatic rings. The average molecular weight is 490 g/mol. The molecule has 0 bridgehead atoms. The van der Waals surface area contributed by atoms with Crippen molar-refractivity contribution in [1.82, 2.24) is 0 Å². The van der Waals surface area contributed by atoms with Crippen LogP contribution in [-0.2, 0) is 0 Å². The molecule has 4 heteroatoms. The Morgan fingerprint density at radius 1 is 0.676 bits per heavy atom. The average Bonchev–Trinajstić information content (AvgIpc) is 2.90. The van der Waals surface area contributed by atoms with Gasteiger partial charge in [0.25, 0.3) is 0 Å². The molecule has 0 saturated carbocycles. The number of anilines is 1. The van der Waals surface area contributed by atoms with Crippen LogP contribution in [0.1, 0.15) is 16.7 Å². The van der Waals surface area contributed by atoms with Gasteiger partial charge in [-0.05, 0) is 82.0 Å². The quantitative estimate of drug-likeness (QED) is 0.309. The van der Waals surface area contributed by atoms with E-state index < -0.39 is 0 Å². The highest BCUT2D eigenvalue weighted by Gasteiger charge is 2.10. The maximum atomic E-state index is 9.82. The summed E-state index contributed by atoms with van der Waals surface area (Å²) in [5.74, 6) is 0.483.